The van der Waals surface area contributed by atoms with Crippen molar-refractivity contribution in [3.63, 3.8) is 0 Å². The Kier molecular flexibility index (Phi) is 7.80. The number of guanidine groups is 1. The molecule has 1 fully saturated rings. The molecule has 2 aromatic rings. The Hall–Kier alpha value is -2.03. The van der Waals surface area contributed by atoms with Crippen LogP contribution in [-0.2, 0) is 22.3 Å². The minimum atomic E-state index is -3.26. The standard InChI is InChI=1S/C22H30N4O2S2/c1-3-24-21(26-17-22(13-14-22)29-20-7-5-4-6-8-20)25-15-18-9-11-19(12-10-18)16-30(27,28)23-2/h4-12,23H,3,13-17H2,1-2H3,(H2,24,25,26). The Labute approximate surface area is 184 Å². The van der Waals surface area contributed by atoms with E-state index in [0.29, 0.717) is 6.54 Å². The molecule has 162 valence electrons. The predicted octanol–water partition coefficient (Wildman–Crippen LogP) is 3.12. The van der Waals surface area contributed by atoms with Crippen molar-refractivity contribution in [3.05, 3.63) is 65.7 Å². The summed E-state index contributed by atoms with van der Waals surface area (Å²) in [6, 6.07) is 18.1. The summed E-state index contributed by atoms with van der Waals surface area (Å²) in [7, 11) is -1.83. The molecule has 3 rings (SSSR count). The van der Waals surface area contributed by atoms with Gasteiger partial charge < -0.3 is 10.6 Å². The SMILES string of the molecule is CCNC(=NCc1ccc(CS(=O)(=O)NC)cc1)NCC1(Sc2ccccc2)CC1. The maximum Gasteiger partial charge on any atom is 0.215 e. The average Bonchev–Trinajstić information content (AvgIpc) is 3.51. The number of thioether (sulfide) groups is 1. The van der Waals surface area contributed by atoms with E-state index in [9.17, 15) is 8.42 Å². The van der Waals surface area contributed by atoms with Gasteiger partial charge in [0.25, 0.3) is 0 Å². The number of nitrogens with zero attached hydrogens (tertiary/aromatic N) is 1. The quantitative estimate of drug-likeness (QED) is 0.386. The summed E-state index contributed by atoms with van der Waals surface area (Å²) in [6.45, 7) is 4.26. The number of sulfonamides is 1. The van der Waals surface area contributed by atoms with Gasteiger partial charge in [-0.15, -0.1) is 11.8 Å². The Morgan fingerprint density at radius 3 is 2.30 bits per heavy atom. The molecule has 3 N–H and O–H groups in total. The normalized spacial score (nSPS) is 15.6. The molecule has 0 aromatic heterocycles. The lowest BCUT2D eigenvalue weighted by molar-refractivity contribution is 0.587. The fraction of sp³-hybridized carbons (Fsp3) is 0.409. The van der Waals surface area contributed by atoms with Gasteiger partial charge in [-0.3, -0.25) is 0 Å². The summed E-state index contributed by atoms with van der Waals surface area (Å²) >= 11 is 1.94. The lowest BCUT2D eigenvalue weighted by atomic mass is 10.1. The van der Waals surface area contributed by atoms with Crippen LogP contribution in [0, 0.1) is 0 Å². The minimum absolute atomic E-state index is 0.0155. The zero-order chi connectivity index (χ0) is 21.5. The lowest BCUT2D eigenvalue weighted by Gasteiger charge is -2.18. The maximum atomic E-state index is 11.7. The van der Waals surface area contributed by atoms with Crippen molar-refractivity contribution >= 4 is 27.7 Å². The molecule has 2 aromatic carbocycles. The number of hydrogen-bond donors (Lipinski definition) is 3. The third kappa shape index (κ3) is 7.04. The van der Waals surface area contributed by atoms with Gasteiger partial charge in [-0.05, 0) is 50.1 Å². The molecule has 0 saturated heterocycles. The molecular formula is C22H30N4O2S2. The number of rotatable bonds is 10. The molecule has 0 unspecified atom stereocenters. The molecule has 30 heavy (non-hydrogen) atoms. The molecule has 1 aliphatic rings. The Bertz CT molecular complexity index is 941. The van der Waals surface area contributed by atoms with Gasteiger partial charge in [0.15, 0.2) is 5.96 Å². The predicted molar refractivity (Wildman–Crippen MR) is 125 cm³/mol. The van der Waals surface area contributed by atoms with Crippen molar-refractivity contribution in [2.24, 2.45) is 4.99 Å². The highest BCUT2D eigenvalue weighted by Gasteiger charge is 2.43. The molecule has 0 aliphatic heterocycles. The molecule has 0 spiro atoms. The average molecular weight is 447 g/mol. The van der Waals surface area contributed by atoms with Crippen LogP contribution in [0.5, 0.6) is 0 Å². The topological polar surface area (TPSA) is 82.6 Å². The number of hydrogen-bond acceptors (Lipinski definition) is 4. The van der Waals surface area contributed by atoms with E-state index in [1.165, 1.54) is 24.8 Å². The smallest absolute Gasteiger partial charge is 0.215 e. The third-order valence-corrected chi connectivity index (χ3v) is 7.75. The largest absolute Gasteiger partial charge is 0.357 e. The highest BCUT2D eigenvalue weighted by atomic mass is 32.2. The van der Waals surface area contributed by atoms with E-state index in [1.807, 2.05) is 42.1 Å². The summed E-state index contributed by atoms with van der Waals surface area (Å²) in [6.07, 6.45) is 2.41. The van der Waals surface area contributed by atoms with Crippen molar-refractivity contribution in [1.29, 1.82) is 0 Å². The molecule has 0 amide bonds. The van der Waals surface area contributed by atoms with Gasteiger partial charge in [0.05, 0.1) is 12.3 Å². The second-order valence-corrected chi connectivity index (χ2v) is 10.9. The molecule has 1 saturated carbocycles. The number of benzene rings is 2. The molecule has 0 radical (unpaired) electrons. The first kappa shape index (κ1) is 22.7. The van der Waals surface area contributed by atoms with Crippen molar-refractivity contribution in [2.75, 3.05) is 20.1 Å². The molecule has 6 nitrogen and oxygen atoms in total. The maximum absolute atomic E-state index is 11.7. The van der Waals surface area contributed by atoms with Crippen LogP contribution in [0.4, 0.5) is 0 Å². The van der Waals surface area contributed by atoms with Crippen molar-refractivity contribution in [1.82, 2.24) is 15.4 Å². The zero-order valence-electron chi connectivity index (χ0n) is 17.5. The molecule has 0 atom stereocenters. The van der Waals surface area contributed by atoms with Crippen molar-refractivity contribution in [2.45, 2.75) is 41.7 Å². The van der Waals surface area contributed by atoms with Crippen LogP contribution in [0.25, 0.3) is 0 Å². The van der Waals surface area contributed by atoms with E-state index in [1.54, 1.807) is 0 Å². The number of nitrogens with one attached hydrogen (secondary N) is 3. The van der Waals surface area contributed by atoms with Crippen LogP contribution < -0.4 is 15.4 Å². The van der Waals surface area contributed by atoms with E-state index in [2.05, 4.69) is 46.5 Å². The summed E-state index contributed by atoms with van der Waals surface area (Å²) in [5.74, 6) is 0.789. The Morgan fingerprint density at radius 1 is 1.03 bits per heavy atom. The molecular weight excluding hydrogens is 416 g/mol. The van der Waals surface area contributed by atoms with Crippen LogP contribution in [0.2, 0.25) is 0 Å². The zero-order valence-corrected chi connectivity index (χ0v) is 19.2. The Morgan fingerprint density at radius 2 is 1.70 bits per heavy atom. The number of aliphatic imine (C=N–C) groups is 1. The summed E-state index contributed by atoms with van der Waals surface area (Å²) in [4.78, 5) is 6.00. The monoisotopic (exact) mass is 446 g/mol. The third-order valence-electron chi connectivity index (χ3n) is 4.92. The first-order valence-electron chi connectivity index (χ1n) is 10.2. The lowest BCUT2D eigenvalue weighted by Crippen LogP contribution is -2.41. The van der Waals surface area contributed by atoms with Crippen LogP contribution in [0.1, 0.15) is 30.9 Å². The highest BCUT2D eigenvalue weighted by Crippen LogP contribution is 2.51. The summed E-state index contributed by atoms with van der Waals surface area (Å²) in [5, 5.41) is 6.80. The van der Waals surface area contributed by atoms with Gasteiger partial charge in [-0.25, -0.2) is 18.1 Å². The molecule has 1 aliphatic carbocycles. The van der Waals surface area contributed by atoms with E-state index in [4.69, 9.17) is 4.99 Å². The van der Waals surface area contributed by atoms with Crippen molar-refractivity contribution < 1.29 is 8.42 Å². The summed E-state index contributed by atoms with van der Waals surface area (Å²) < 4.78 is 25.9. The molecule has 0 heterocycles. The van der Waals surface area contributed by atoms with E-state index >= 15 is 0 Å². The van der Waals surface area contributed by atoms with E-state index in [-0.39, 0.29) is 10.5 Å². The fourth-order valence-corrected chi connectivity index (χ4v) is 5.00. The van der Waals surface area contributed by atoms with E-state index < -0.39 is 10.0 Å². The summed E-state index contributed by atoms with van der Waals surface area (Å²) in [5.41, 5.74) is 1.80. The fourth-order valence-electron chi connectivity index (χ4n) is 2.98. The van der Waals surface area contributed by atoms with Crippen LogP contribution >= 0.6 is 11.8 Å². The van der Waals surface area contributed by atoms with Gasteiger partial charge in [0.2, 0.25) is 10.0 Å². The van der Waals surface area contributed by atoms with Crippen LogP contribution in [0.3, 0.4) is 0 Å². The van der Waals surface area contributed by atoms with Crippen LogP contribution in [0.15, 0.2) is 64.5 Å². The first-order valence-corrected chi connectivity index (χ1v) is 12.7. The molecule has 0 bridgehead atoms. The van der Waals surface area contributed by atoms with Crippen LogP contribution in [-0.4, -0.2) is 39.3 Å². The second kappa shape index (κ2) is 10.3. The van der Waals surface area contributed by atoms with Gasteiger partial charge in [-0.2, -0.15) is 0 Å². The second-order valence-electron chi connectivity index (χ2n) is 7.43. The van der Waals surface area contributed by atoms with Gasteiger partial charge in [0, 0.05) is 22.7 Å². The highest BCUT2D eigenvalue weighted by molar-refractivity contribution is 8.01. The molecule has 8 heteroatoms. The first-order chi connectivity index (χ1) is 14.4. The van der Waals surface area contributed by atoms with Crippen molar-refractivity contribution in [3.8, 4) is 0 Å². The van der Waals surface area contributed by atoms with Gasteiger partial charge in [-0.1, -0.05) is 42.5 Å². The Balaban J connectivity index is 1.55. The van der Waals surface area contributed by atoms with Gasteiger partial charge >= 0.3 is 0 Å². The van der Waals surface area contributed by atoms with E-state index in [0.717, 1.165) is 30.2 Å². The minimum Gasteiger partial charge on any atom is -0.357 e. The van der Waals surface area contributed by atoms with Gasteiger partial charge in [0.1, 0.15) is 0 Å².